The number of para-hydroxylation sites is 2. The third-order valence-corrected chi connectivity index (χ3v) is 5.68. The van der Waals surface area contributed by atoms with Crippen LogP contribution in [0.5, 0.6) is 5.75 Å². The van der Waals surface area contributed by atoms with Crippen molar-refractivity contribution in [3.05, 3.63) is 90.0 Å². The van der Waals surface area contributed by atoms with E-state index in [1.165, 1.54) is 18.2 Å². The minimum Gasteiger partial charge on any atom is -0.406 e. The molecule has 1 N–H and O–H groups in total. The molecule has 9 heteroatoms. The summed E-state index contributed by atoms with van der Waals surface area (Å²) in [5.74, 6) is -0.302. The van der Waals surface area contributed by atoms with Crippen LogP contribution in [-0.4, -0.2) is 26.9 Å². The maximum Gasteiger partial charge on any atom is 0.573 e. The molecule has 2 heterocycles. The van der Waals surface area contributed by atoms with Gasteiger partial charge in [-0.3, -0.25) is 9.98 Å². The lowest BCUT2D eigenvalue weighted by Gasteiger charge is -2.21. The Bertz CT molecular complexity index is 1620. The molecular formula is C28H24F3N5O. The Kier molecular flexibility index (Phi) is 6.29. The van der Waals surface area contributed by atoms with Crippen LogP contribution in [0.25, 0.3) is 28.1 Å². The van der Waals surface area contributed by atoms with Crippen molar-refractivity contribution >= 4 is 22.4 Å². The van der Waals surface area contributed by atoms with E-state index in [-0.39, 0.29) is 11.8 Å². The molecule has 2 aromatic carbocycles. The number of fused-ring (bicyclic) bond motifs is 2. The lowest BCUT2D eigenvalue weighted by molar-refractivity contribution is -0.274. The standard InChI is InChI=1S/C28H24F3N5O/c1-17(2)33-24-16-27-25(15-23(24)34-21-11-7-13-32-18(21)3)35-22-10-4-5-12-26(22)36(27)19-8-6-9-20(14-19)37-28(29,30)31/h4-17,34H,1-3H3/b33-24+. The summed E-state index contributed by atoms with van der Waals surface area (Å²) in [6.45, 7) is 5.88. The summed E-state index contributed by atoms with van der Waals surface area (Å²) in [4.78, 5) is 14.0. The van der Waals surface area contributed by atoms with Gasteiger partial charge in [-0.05, 0) is 69.3 Å². The average molecular weight is 504 g/mol. The molecule has 2 aliphatic rings. The minimum absolute atomic E-state index is 0.00151. The zero-order valence-electron chi connectivity index (χ0n) is 20.4. The number of nitrogens with zero attached hydrogens (tertiary/aromatic N) is 4. The molecule has 1 aliphatic carbocycles. The highest BCUT2D eigenvalue weighted by Gasteiger charge is 2.31. The molecule has 0 unspecified atom stereocenters. The van der Waals surface area contributed by atoms with Crippen LogP contribution < -0.4 is 15.4 Å². The summed E-state index contributed by atoms with van der Waals surface area (Å²) in [5.41, 5.74) is 5.69. The molecule has 5 rings (SSSR count). The molecule has 0 amide bonds. The minimum atomic E-state index is -4.79. The maximum absolute atomic E-state index is 12.9. The number of hydrogen-bond acceptors (Lipinski definition) is 5. The summed E-state index contributed by atoms with van der Waals surface area (Å²) in [7, 11) is 0. The monoisotopic (exact) mass is 503 g/mol. The maximum atomic E-state index is 12.9. The molecular weight excluding hydrogens is 479 g/mol. The van der Waals surface area contributed by atoms with Gasteiger partial charge in [-0.2, -0.15) is 0 Å². The van der Waals surface area contributed by atoms with E-state index in [4.69, 9.17) is 9.98 Å². The Morgan fingerprint density at radius 1 is 0.946 bits per heavy atom. The van der Waals surface area contributed by atoms with Crippen molar-refractivity contribution in [2.24, 2.45) is 4.99 Å². The highest BCUT2D eigenvalue weighted by Crippen LogP contribution is 2.32. The van der Waals surface area contributed by atoms with Gasteiger partial charge in [0.1, 0.15) is 5.75 Å². The number of nitrogens with one attached hydrogen (secondary N) is 1. The van der Waals surface area contributed by atoms with E-state index in [0.717, 1.165) is 22.6 Å². The number of halogens is 3. The number of hydrogen-bond donors (Lipinski definition) is 1. The van der Waals surface area contributed by atoms with Gasteiger partial charge in [0, 0.05) is 24.0 Å². The lowest BCUT2D eigenvalue weighted by atomic mass is 10.1. The Labute approximate surface area is 211 Å². The van der Waals surface area contributed by atoms with Crippen LogP contribution in [-0.2, 0) is 0 Å². The molecule has 37 heavy (non-hydrogen) atoms. The largest absolute Gasteiger partial charge is 0.573 e. The summed E-state index contributed by atoms with van der Waals surface area (Å²) < 4.78 is 44.9. The molecule has 0 saturated carbocycles. The topological polar surface area (TPSA) is 64.3 Å². The van der Waals surface area contributed by atoms with Crippen molar-refractivity contribution in [2.75, 3.05) is 5.32 Å². The van der Waals surface area contributed by atoms with Gasteiger partial charge in [-0.1, -0.05) is 18.2 Å². The molecule has 3 aromatic rings. The predicted molar refractivity (Wildman–Crippen MR) is 137 cm³/mol. The van der Waals surface area contributed by atoms with Gasteiger partial charge in [0.25, 0.3) is 0 Å². The first-order valence-electron chi connectivity index (χ1n) is 11.7. The first kappa shape index (κ1) is 24.3. The molecule has 1 aromatic heterocycles. The average Bonchev–Trinajstić information content (AvgIpc) is 2.83. The van der Waals surface area contributed by atoms with E-state index in [0.29, 0.717) is 27.9 Å². The number of anilines is 2. The number of alkyl halides is 3. The number of benzene rings is 3. The van der Waals surface area contributed by atoms with Crippen LogP contribution in [0.3, 0.4) is 0 Å². The van der Waals surface area contributed by atoms with Crippen molar-refractivity contribution in [3.8, 4) is 22.8 Å². The van der Waals surface area contributed by atoms with Crippen LogP contribution in [0.2, 0.25) is 0 Å². The van der Waals surface area contributed by atoms with Crippen molar-refractivity contribution in [1.82, 2.24) is 14.5 Å². The molecule has 6 nitrogen and oxygen atoms in total. The van der Waals surface area contributed by atoms with Crippen molar-refractivity contribution in [1.29, 1.82) is 0 Å². The zero-order chi connectivity index (χ0) is 26.2. The van der Waals surface area contributed by atoms with E-state index >= 15 is 0 Å². The van der Waals surface area contributed by atoms with Gasteiger partial charge in [0.2, 0.25) is 0 Å². The Morgan fingerprint density at radius 2 is 1.76 bits per heavy atom. The second-order valence-corrected chi connectivity index (χ2v) is 8.82. The fourth-order valence-electron chi connectivity index (χ4n) is 4.19. The summed E-state index contributed by atoms with van der Waals surface area (Å²) in [6, 6.07) is 21.0. The Hall–Kier alpha value is -4.40. The molecule has 0 fully saturated rings. The summed E-state index contributed by atoms with van der Waals surface area (Å²) >= 11 is 0. The third kappa shape index (κ3) is 5.25. The number of ether oxygens (including phenoxy) is 1. The van der Waals surface area contributed by atoms with Crippen LogP contribution in [0, 0.1) is 6.92 Å². The van der Waals surface area contributed by atoms with E-state index in [1.807, 2.05) is 73.9 Å². The molecule has 0 atom stereocenters. The first-order chi connectivity index (χ1) is 17.7. The second-order valence-electron chi connectivity index (χ2n) is 8.82. The van der Waals surface area contributed by atoms with Gasteiger partial charge in [0.15, 0.2) is 0 Å². The van der Waals surface area contributed by atoms with Gasteiger partial charge in [-0.25, -0.2) is 4.98 Å². The van der Waals surface area contributed by atoms with E-state index in [2.05, 4.69) is 15.0 Å². The molecule has 0 radical (unpaired) electrons. The van der Waals surface area contributed by atoms with Gasteiger partial charge in [-0.15, -0.1) is 13.2 Å². The number of aryl methyl sites for hydroxylation is 1. The van der Waals surface area contributed by atoms with E-state index in [1.54, 1.807) is 12.3 Å². The molecule has 1 aliphatic heterocycles. The molecule has 0 bridgehead atoms. The highest BCUT2D eigenvalue weighted by molar-refractivity contribution is 5.84. The van der Waals surface area contributed by atoms with Crippen LogP contribution in [0.1, 0.15) is 19.5 Å². The number of rotatable bonds is 5. The van der Waals surface area contributed by atoms with Crippen molar-refractivity contribution in [2.45, 2.75) is 33.2 Å². The van der Waals surface area contributed by atoms with Crippen LogP contribution in [0.15, 0.2) is 84.0 Å². The number of pyridine rings is 1. The fraction of sp³-hybridized carbons (Fsp3) is 0.179. The van der Waals surface area contributed by atoms with Crippen molar-refractivity contribution < 1.29 is 17.9 Å². The number of aromatic nitrogens is 3. The predicted octanol–water partition coefficient (Wildman–Crippen LogP) is 6.79. The van der Waals surface area contributed by atoms with Gasteiger partial charge >= 0.3 is 6.36 Å². The quantitative estimate of drug-likeness (QED) is 0.268. The van der Waals surface area contributed by atoms with Crippen LogP contribution >= 0.6 is 0 Å². The first-order valence-corrected chi connectivity index (χ1v) is 11.7. The summed E-state index contributed by atoms with van der Waals surface area (Å²) in [6.07, 6.45) is -3.06. The highest BCUT2D eigenvalue weighted by atomic mass is 19.4. The Morgan fingerprint density at radius 3 is 2.51 bits per heavy atom. The van der Waals surface area contributed by atoms with Crippen molar-refractivity contribution in [3.63, 3.8) is 0 Å². The Balaban J connectivity index is 1.79. The van der Waals surface area contributed by atoms with E-state index < -0.39 is 6.36 Å². The fourth-order valence-corrected chi connectivity index (χ4v) is 4.19. The summed E-state index contributed by atoms with van der Waals surface area (Å²) in [5, 5.41) is 4.12. The molecule has 0 spiro atoms. The van der Waals surface area contributed by atoms with Gasteiger partial charge < -0.3 is 14.6 Å². The second kappa shape index (κ2) is 9.57. The normalized spacial score (nSPS) is 12.5. The SMILES string of the molecule is Cc1ncccc1Nc1cc2nc3ccccc3n(-c3cccc(OC(F)(F)F)c3)c-2c/c1=N\C(C)C. The van der Waals surface area contributed by atoms with Gasteiger partial charge in [0.05, 0.1) is 44.8 Å². The lowest BCUT2D eigenvalue weighted by Crippen LogP contribution is -2.18. The van der Waals surface area contributed by atoms with E-state index in [9.17, 15) is 13.2 Å². The molecule has 0 saturated heterocycles. The zero-order valence-corrected chi connectivity index (χ0v) is 20.4. The van der Waals surface area contributed by atoms with Crippen LogP contribution in [0.4, 0.5) is 24.5 Å². The third-order valence-electron chi connectivity index (χ3n) is 5.68. The smallest absolute Gasteiger partial charge is 0.406 e. The molecule has 188 valence electrons.